The maximum absolute atomic E-state index is 3.98. The minimum absolute atomic E-state index is 0.699. The van der Waals surface area contributed by atoms with Gasteiger partial charge in [0.05, 0.1) is 0 Å². The molecule has 14 heavy (non-hydrogen) atoms. The van der Waals surface area contributed by atoms with Gasteiger partial charge < -0.3 is 5.32 Å². The van der Waals surface area contributed by atoms with E-state index in [1.165, 1.54) is 12.8 Å². The van der Waals surface area contributed by atoms with Crippen molar-refractivity contribution < 1.29 is 0 Å². The summed E-state index contributed by atoms with van der Waals surface area (Å²) < 4.78 is 1.07. The van der Waals surface area contributed by atoms with Gasteiger partial charge in [0.25, 0.3) is 0 Å². The Balaban J connectivity index is 1.54. The summed E-state index contributed by atoms with van der Waals surface area (Å²) in [6, 6.07) is 0.699. The molecule has 0 aliphatic heterocycles. The second-order valence-corrected chi connectivity index (χ2v) is 5.81. The zero-order valence-electron chi connectivity index (χ0n) is 8.27. The normalized spacial score (nSPS) is 18.4. The minimum atomic E-state index is 0.699. The molecule has 1 heterocycles. The third kappa shape index (κ3) is 3.22. The van der Waals surface area contributed by atoms with Crippen molar-refractivity contribution in [2.75, 3.05) is 12.3 Å². The monoisotopic (exact) mass is 229 g/mol. The van der Waals surface area contributed by atoms with Gasteiger partial charge in [-0.15, -0.1) is 10.2 Å². The zero-order chi connectivity index (χ0) is 9.80. The molecule has 1 fully saturated rings. The fourth-order valence-electron chi connectivity index (χ4n) is 1.41. The summed E-state index contributed by atoms with van der Waals surface area (Å²) in [5.74, 6) is 2.04. The Kier molecular flexibility index (Phi) is 3.78. The van der Waals surface area contributed by atoms with Gasteiger partial charge in [-0.3, -0.25) is 0 Å². The first-order chi connectivity index (χ1) is 6.86. The smallest absolute Gasteiger partial charge is 0.174 e. The maximum Gasteiger partial charge on any atom is 0.174 e. The van der Waals surface area contributed by atoms with Crippen molar-refractivity contribution in [1.82, 2.24) is 15.5 Å². The van der Waals surface area contributed by atoms with E-state index in [9.17, 15) is 0 Å². The first kappa shape index (κ1) is 10.4. The summed E-state index contributed by atoms with van der Waals surface area (Å²) in [6.07, 6.45) is 2.83. The molecule has 3 nitrogen and oxygen atoms in total. The first-order valence-electron chi connectivity index (χ1n) is 4.98. The zero-order valence-corrected chi connectivity index (χ0v) is 9.90. The number of thioether (sulfide) groups is 1. The van der Waals surface area contributed by atoms with Crippen molar-refractivity contribution in [3.8, 4) is 0 Å². The highest BCUT2D eigenvalue weighted by atomic mass is 32.2. The van der Waals surface area contributed by atoms with Crippen LogP contribution >= 0.6 is 23.1 Å². The van der Waals surface area contributed by atoms with Crippen LogP contribution in [0, 0.1) is 5.92 Å². The molecule has 0 saturated heterocycles. The van der Waals surface area contributed by atoms with Crippen LogP contribution in [0.3, 0.4) is 0 Å². The molecule has 0 aromatic carbocycles. The molecule has 78 valence electrons. The van der Waals surface area contributed by atoms with Crippen LogP contribution in [0.5, 0.6) is 0 Å². The fraction of sp³-hybridized carbons (Fsp3) is 0.778. The van der Waals surface area contributed by atoms with Crippen molar-refractivity contribution in [3.63, 3.8) is 0 Å². The van der Waals surface area contributed by atoms with Crippen molar-refractivity contribution >= 4 is 23.1 Å². The maximum atomic E-state index is 3.98. The van der Waals surface area contributed by atoms with E-state index in [1.807, 2.05) is 0 Å². The van der Waals surface area contributed by atoms with Crippen LogP contribution in [0.4, 0.5) is 0 Å². The molecular formula is C9H15N3S2. The fourth-order valence-corrected chi connectivity index (χ4v) is 2.84. The molecule has 0 bridgehead atoms. The number of rotatable bonds is 6. The second kappa shape index (κ2) is 5.09. The average molecular weight is 229 g/mol. The van der Waals surface area contributed by atoms with E-state index in [1.54, 1.807) is 28.6 Å². The molecule has 0 spiro atoms. The predicted octanol–water partition coefficient (Wildman–Crippen LogP) is 2.02. The topological polar surface area (TPSA) is 37.8 Å². The molecule has 1 aliphatic rings. The number of hydrogen-bond acceptors (Lipinski definition) is 5. The van der Waals surface area contributed by atoms with Crippen LogP contribution in [-0.2, 0) is 0 Å². The molecule has 0 radical (unpaired) electrons. The lowest BCUT2D eigenvalue weighted by Gasteiger charge is -2.11. The van der Waals surface area contributed by atoms with E-state index < -0.39 is 0 Å². The van der Waals surface area contributed by atoms with Crippen LogP contribution in [0.15, 0.2) is 9.85 Å². The number of nitrogens with one attached hydrogen (secondary N) is 1. The van der Waals surface area contributed by atoms with E-state index in [0.717, 1.165) is 22.6 Å². The molecule has 1 aliphatic carbocycles. The second-order valence-electron chi connectivity index (χ2n) is 3.63. The van der Waals surface area contributed by atoms with E-state index in [0.29, 0.717) is 6.04 Å². The largest absolute Gasteiger partial charge is 0.313 e. The Hall–Kier alpha value is -0.130. The van der Waals surface area contributed by atoms with Gasteiger partial charge in [0, 0.05) is 18.3 Å². The van der Waals surface area contributed by atoms with Crippen molar-refractivity contribution in [2.45, 2.75) is 30.1 Å². The molecule has 2 rings (SSSR count). The lowest BCUT2D eigenvalue weighted by molar-refractivity contribution is 0.514. The van der Waals surface area contributed by atoms with Gasteiger partial charge in [-0.25, -0.2) is 0 Å². The van der Waals surface area contributed by atoms with Crippen LogP contribution in [-0.4, -0.2) is 28.5 Å². The standard InChI is InChI=1S/C9H15N3S2/c1-7(8-2-3-8)10-4-5-13-9-12-11-6-14-9/h6-8,10H,2-5H2,1H3. The lowest BCUT2D eigenvalue weighted by atomic mass is 10.2. The van der Waals surface area contributed by atoms with Crippen molar-refractivity contribution in [3.05, 3.63) is 5.51 Å². The summed E-state index contributed by atoms with van der Waals surface area (Å²) in [5.41, 5.74) is 1.78. The van der Waals surface area contributed by atoms with E-state index >= 15 is 0 Å². The van der Waals surface area contributed by atoms with Crippen molar-refractivity contribution in [2.24, 2.45) is 5.92 Å². The summed E-state index contributed by atoms with van der Waals surface area (Å²) >= 11 is 3.40. The Labute approximate surface area is 92.7 Å². The SMILES string of the molecule is CC(NCCSc1nncs1)C1CC1. The third-order valence-corrected chi connectivity index (χ3v) is 4.33. The highest BCUT2D eigenvalue weighted by Crippen LogP contribution is 2.32. The first-order valence-corrected chi connectivity index (χ1v) is 6.85. The van der Waals surface area contributed by atoms with Gasteiger partial charge in [0.15, 0.2) is 4.34 Å². The molecule has 1 N–H and O–H groups in total. The van der Waals surface area contributed by atoms with Gasteiger partial charge in [-0.1, -0.05) is 23.1 Å². The molecule has 1 saturated carbocycles. The molecular weight excluding hydrogens is 214 g/mol. The summed E-state index contributed by atoms with van der Waals surface area (Å²) in [7, 11) is 0. The summed E-state index contributed by atoms with van der Waals surface area (Å²) in [5, 5.41) is 11.3. The molecule has 1 unspecified atom stereocenters. The van der Waals surface area contributed by atoms with E-state index in [4.69, 9.17) is 0 Å². The molecule has 1 aromatic rings. The highest BCUT2D eigenvalue weighted by Gasteiger charge is 2.27. The van der Waals surface area contributed by atoms with E-state index in [2.05, 4.69) is 22.4 Å². The van der Waals surface area contributed by atoms with Gasteiger partial charge in [-0.2, -0.15) is 0 Å². The molecule has 5 heteroatoms. The Morgan fingerprint density at radius 2 is 2.57 bits per heavy atom. The van der Waals surface area contributed by atoms with E-state index in [-0.39, 0.29) is 0 Å². The lowest BCUT2D eigenvalue weighted by Crippen LogP contribution is -2.29. The van der Waals surface area contributed by atoms with Gasteiger partial charge >= 0.3 is 0 Å². The summed E-state index contributed by atoms with van der Waals surface area (Å²) in [4.78, 5) is 0. The number of hydrogen-bond donors (Lipinski definition) is 1. The molecule has 1 aromatic heterocycles. The predicted molar refractivity (Wildman–Crippen MR) is 60.8 cm³/mol. The molecule has 0 amide bonds. The minimum Gasteiger partial charge on any atom is -0.313 e. The Morgan fingerprint density at radius 3 is 3.21 bits per heavy atom. The quantitative estimate of drug-likeness (QED) is 0.598. The molecule has 1 atom stereocenters. The Morgan fingerprint density at radius 1 is 1.71 bits per heavy atom. The number of aromatic nitrogens is 2. The van der Waals surface area contributed by atoms with Gasteiger partial charge in [0.1, 0.15) is 5.51 Å². The van der Waals surface area contributed by atoms with Gasteiger partial charge in [-0.05, 0) is 25.7 Å². The van der Waals surface area contributed by atoms with Gasteiger partial charge in [0.2, 0.25) is 0 Å². The van der Waals surface area contributed by atoms with Crippen LogP contribution in [0.2, 0.25) is 0 Å². The number of nitrogens with zero attached hydrogens (tertiary/aromatic N) is 2. The highest BCUT2D eigenvalue weighted by molar-refractivity contribution is 8.01. The van der Waals surface area contributed by atoms with Crippen LogP contribution < -0.4 is 5.32 Å². The third-order valence-electron chi connectivity index (χ3n) is 2.46. The van der Waals surface area contributed by atoms with Crippen molar-refractivity contribution in [1.29, 1.82) is 0 Å². The Bertz CT molecular complexity index is 259. The van der Waals surface area contributed by atoms with Crippen LogP contribution in [0.25, 0.3) is 0 Å². The average Bonchev–Trinajstić information content (AvgIpc) is 2.92. The summed E-state index contributed by atoms with van der Waals surface area (Å²) in [6.45, 7) is 3.36. The van der Waals surface area contributed by atoms with Crippen LogP contribution in [0.1, 0.15) is 19.8 Å².